The lowest BCUT2D eigenvalue weighted by Crippen LogP contribution is -2.50. The third kappa shape index (κ3) is 10.0. The third-order valence-corrected chi connectivity index (χ3v) is 17.5. The molecule has 0 amide bonds. The summed E-state index contributed by atoms with van der Waals surface area (Å²) in [5.74, 6) is -0.650. The number of hydrogen-bond donors (Lipinski definition) is 12. The van der Waals surface area contributed by atoms with Crippen LogP contribution in [-0.4, -0.2) is 176 Å². The number of methoxy groups -OCH3 is 1. The van der Waals surface area contributed by atoms with Gasteiger partial charge in [0, 0.05) is 7.11 Å². The van der Waals surface area contributed by atoms with Crippen molar-refractivity contribution in [2.75, 3.05) is 50.7 Å². The summed E-state index contributed by atoms with van der Waals surface area (Å²) in [4.78, 5) is 96.3. The molecule has 6 aromatic heterocycles. The van der Waals surface area contributed by atoms with Crippen molar-refractivity contribution in [3.8, 4) is 0 Å². The van der Waals surface area contributed by atoms with Crippen molar-refractivity contribution in [1.82, 2.24) is 53.6 Å². The molecule has 0 spiro atoms. The van der Waals surface area contributed by atoms with Crippen molar-refractivity contribution in [2.45, 2.75) is 73.1 Å². The van der Waals surface area contributed by atoms with Crippen LogP contribution in [0.25, 0.3) is 33.5 Å². The van der Waals surface area contributed by atoms with E-state index in [1.807, 2.05) is 0 Å². The van der Waals surface area contributed by atoms with Crippen LogP contribution in [0.4, 0.5) is 17.7 Å². The molecular formula is C33H44N15O24P4+. The molecule has 2 bridgehead atoms. The lowest BCUT2D eigenvalue weighted by molar-refractivity contribution is -0.752. The number of phosphoric ester groups is 3. The van der Waals surface area contributed by atoms with Crippen molar-refractivity contribution in [3.63, 3.8) is 0 Å². The summed E-state index contributed by atoms with van der Waals surface area (Å²) in [6.07, 6.45) is -12.8. The minimum Gasteiger partial charge on any atom is -0.387 e. The average Bonchev–Trinajstić information content (AvgIpc) is 4.21. The molecule has 16 atom stereocenters. The van der Waals surface area contributed by atoms with Gasteiger partial charge < -0.3 is 75.8 Å². The lowest BCUT2D eigenvalue weighted by Gasteiger charge is -2.29. The largest absolute Gasteiger partial charge is 0.490 e. The number of H-pyrrole nitrogens is 2. The number of hydrogen-bond acceptors (Lipinski definition) is 29. The normalized spacial score (nSPS) is 31.8. The number of aryl methyl sites for hydroxylation is 1. The Hall–Kier alpha value is -5.15. The van der Waals surface area contributed by atoms with Gasteiger partial charge in [0.05, 0.1) is 46.1 Å². The second-order valence-electron chi connectivity index (χ2n) is 17.2. The summed E-state index contributed by atoms with van der Waals surface area (Å²) in [5.41, 5.74) is 13.8. The van der Waals surface area contributed by atoms with Crippen LogP contribution in [0.3, 0.4) is 0 Å². The van der Waals surface area contributed by atoms with E-state index < -0.39 is 142 Å². The first-order valence-electron chi connectivity index (χ1n) is 21.6. The highest BCUT2D eigenvalue weighted by Crippen LogP contribution is 2.68. The zero-order chi connectivity index (χ0) is 54.6. The number of aromatic nitrogens is 12. The highest BCUT2D eigenvalue weighted by molar-refractivity contribution is 7.66. The van der Waals surface area contributed by atoms with E-state index in [4.69, 9.17) is 59.0 Å². The highest BCUT2D eigenvalue weighted by atomic mass is 31.3. The first kappa shape index (κ1) is 54.2. The molecule has 15 N–H and O–H groups in total. The Kier molecular flexibility index (Phi) is 14.0. The SMILES string of the molecule is COC1[C@@H](OP(=O)(O)OC[C@H]2O[C@@H](n3cnc4c(=O)[nH]c(N)nc43)C(O)[C@H]2O)[C@@H](COP(=O)(O)OP(=O)(O)OP(=O)(O)OC[C@]23CO[C@@H](C2O)[C@H]([n+]2cn(C)c4c(=O)[nH]c(N)nc42)O3)O[C@H]1n1cnc2c(N)ncnc21. The van der Waals surface area contributed by atoms with Gasteiger partial charge in [-0.15, -0.1) is 0 Å². The van der Waals surface area contributed by atoms with Crippen molar-refractivity contribution in [1.29, 1.82) is 0 Å². The molecule has 10 heterocycles. The van der Waals surface area contributed by atoms with Gasteiger partial charge >= 0.3 is 36.9 Å². The summed E-state index contributed by atoms with van der Waals surface area (Å²) in [7, 11) is -20.8. The van der Waals surface area contributed by atoms with Gasteiger partial charge in [-0.05, 0) is 0 Å². The van der Waals surface area contributed by atoms with Crippen molar-refractivity contribution < 1.29 is 108 Å². The van der Waals surface area contributed by atoms with E-state index in [2.05, 4.69) is 48.5 Å². The number of nitrogens with one attached hydrogen (secondary N) is 2. The first-order valence-corrected chi connectivity index (χ1v) is 27.6. The second kappa shape index (κ2) is 19.6. The Labute approximate surface area is 420 Å². The van der Waals surface area contributed by atoms with Crippen LogP contribution in [0.15, 0.2) is 34.9 Å². The van der Waals surface area contributed by atoms with Crippen LogP contribution in [-0.2, 0) is 75.7 Å². The van der Waals surface area contributed by atoms with Crippen LogP contribution >= 0.6 is 31.3 Å². The minimum absolute atomic E-state index is 0.00568. The van der Waals surface area contributed by atoms with Gasteiger partial charge in [0.2, 0.25) is 17.7 Å². The molecule has 0 saturated carbocycles. The fourth-order valence-electron chi connectivity index (χ4n) is 8.95. The quantitative estimate of drug-likeness (QED) is 0.0270. The van der Waals surface area contributed by atoms with Gasteiger partial charge in [0.15, 0.2) is 41.4 Å². The van der Waals surface area contributed by atoms with E-state index in [1.165, 1.54) is 27.1 Å². The number of nitrogens with two attached hydrogens (primary N) is 3. The topological polar surface area (TPSA) is 551 Å². The molecule has 0 aromatic carbocycles. The Morgan fingerprint density at radius 2 is 1.41 bits per heavy atom. The number of nitrogen functional groups attached to an aromatic ring is 3. The molecule has 76 heavy (non-hydrogen) atoms. The summed E-state index contributed by atoms with van der Waals surface area (Å²) in [6, 6.07) is 0. The number of anilines is 3. The molecule has 4 fully saturated rings. The summed E-state index contributed by atoms with van der Waals surface area (Å²) in [5, 5.41) is 32.9. The molecule has 0 aliphatic carbocycles. The van der Waals surface area contributed by atoms with E-state index in [-0.39, 0.29) is 51.2 Å². The van der Waals surface area contributed by atoms with Gasteiger partial charge in [-0.1, -0.05) is 4.98 Å². The van der Waals surface area contributed by atoms with Gasteiger partial charge in [0.25, 0.3) is 17.1 Å². The molecule has 4 aliphatic heterocycles. The van der Waals surface area contributed by atoms with E-state index in [0.29, 0.717) is 0 Å². The predicted molar refractivity (Wildman–Crippen MR) is 242 cm³/mol. The Balaban J connectivity index is 0.810. The second-order valence-corrected chi connectivity index (χ2v) is 23.2. The Bertz CT molecular complexity index is 3560. The molecule has 4 saturated heterocycles. The van der Waals surface area contributed by atoms with Crippen molar-refractivity contribution in [2.24, 2.45) is 7.05 Å². The van der Waals surface area contributed by atoms with E-state index in [9.17, 15) is 62.7 Å². The number of aliphatic hydroxyl groups is 3. The number of rotatable bonds is 19. The molecule has 414 valence electrons. The number of ether oxygens (including phenoxy) is 5. The molecule has 6 aromatic rings. The zero-order valence-corrected chi connectivity index (χ0v) is 42.1. The average molecular weight is 1160 g/mol. The summed E-state index contributed by atoms with van der Waals surface area (Å²) in [6.45, 7) is -3.77. The van der Waals surface area contributed by atoms with Crippen LogP contribution in [0, 0.1) is 0 Å². The molecule has 4 aliphatic rings. The molecule has 10 rings (SSSR count). The smallest absolute Gasteiger partial charge is 0.387 e. The summed E-state index contributed by atoms with van der Waals surface area (Å²) >= 11 is 0. The molecule has 0 radical (unpaired) electrons. The van der Waals surface area contributed by atoms with Crippen molar-refractivity contribution >= 4 is 82.5 Å². The highest BCUT2D eigenvalue weighted by Gasteiger charge is 2.64. The first-order chi connectivity index (χ1) is 35.7. The van der Waals surface area contributed by atoms with Gasteiger partial charge in [0.1, 0.15) is 66.3 Å². The predicted octanol–water partition coefficient (Wildman–Crippen LogP) is -4.30. The Morgan fingerprint density at radius 1 is 0.776 bits per heavy atom. The van der Waals surface area contributed by atoms with E-state index >= 15 is 0 Å². The maximum absolute atomic E-state index is 13.7. The van der Waals surface area contributed by atoms with Crippen LogP contribution in [0.1, 0.15) is 18.7 Å². The van der Waals surface area contributed by atoms with Gasteiger partial charge in [-0.25, -0.2) is 42.8 Å². The van der Waals surface area contributed by atoms with Crippen LogP contribution in [0.5, 0.6) is 0 Å². The van der Waals surface area contributed by atoms with Crippen LogP contribution in [0.2, 0.25) is 0 Å². The third-order valence-electron chi connectivity index (χ3n) is 12.3. The standard InChI is InChI=1S/C33H43N15O24P4/c1-45-10-48(25-15(45)27(53)44-32(36)42-25)30-20-21(51)33(69-30,5-63-20)6-66-75(58,59)72-76(60,61)71-74(56,57)65-4-12-18(19(62-2)29(68-12)46-8-39-13-22(34)37-7-38-23(13)46)70-73(54,55)64-3-11-16(49)17(50)28(67-11)47-9-40-14-24(47)41-31(35)43-26(14)52/h7-12,16-21,28-30,49-51H,3-6H2,1-2H3,(H11-,34,35,36,37,38,41,42,43,44,52,53,54,55,56,57,58,59,60,61)/p+1/t11-,12-,16+,17?,18+,19?,20+,21?,28-,29-,30-,33-/m1/s1. The van der Waals surface area contributed by atoms with Gasteiger partial charge in [-0.3, -0.25) is 51.4 Å². The lowest BCUT2D eigenvalue weighted by atomic mass is 10.0. The molecule has 7 unspecified atom stereocenters. The number of aromatic amines is 2. The summed E-state index contributed by atoms with van der Waals surface area (Å²) < 4.78 is 116. The maximum Gasteiger partial charge on any atom is 0.490 e. The Morgan fingerprint density at radius 3 is 2.13 bits per heavy atom. The number of fused-ring (bicyclic) bond motifs is 5. The number of imidazole rings is 3. The van der Waals surface area contributed by atoms with Gasteiger partial charge in [-0.2, -0.15) is 13.6 Å². The maximum atomic E-state index is 13.7. The van der Waals surface area contributed by atoms with E-state index in [1.54, 1.807) is 0 Å². The van der Waals surface area contributed by atoms with Crippen LogP contribution < -0.4 is 32.9 Å². The number of nitrogens with zero attached hydrogens (tertiary/aromatic N) is 10. The molecule has 43 heteroatoms. The van der Waals surface area contributed by atoms with E-state index in [0.717, 1.165) is 30.7 Å². The fraction of sp³-hybridized carbons (Fsp3) is 0.545. The van der Waals surface area contributed by atoms with Crippen molar-refractivity contribution in [3.05, 3.63) is 46.0 Å². The minimum atomic E-state index is -6.19. The number of aliphatic hydroxyl groups excluding tert-OH is 3. The monoisotopic (exact) mass is 1160 g/mol. The number of phosphoric acid groups is 4. The zero-order valence-electron chi connectivity index (χ0n) is 38.6. The molecular weight excluding hydrogens is 1110 g/mol. The fourth-order valence-corrected chi connectivity index (χ4v) is 13.5. The molecule has 39 nitrogen and oxygen atoms in total.